The molecular weight excluding hydrogens is 279 g/mol. The Labute approximate surface area is 92.4 Å². The van der Waals surface area contributed by atoms with E-state index in [1.54, 1.807) is 0 Å². The summed E-state index contributed by atoms with van der Waals surface area (Å²) in [6.07, 6.45) is 0. The van der Waals surface area contributed by atoms with Crippen LogP contribution in [0, 0.1) is 0 Å². The second-order valence-corrected chi connectivity index (χ2v) is 7.34. The van der Waals surface area contributed by atoms with E-state index in [0.29, 0.717) is 5.89 Å². The standard InChI is InChI=1S/C9H15IN2O/c1-8(2,3)6-11-7(13-12-6)9(4,5)10/h1-5H3. The van der Waals surface area contributed by atoms with Crippen molar-refractivity contribution in [1.29, 1.82) is 0 Å². The molecule has 0 aliphatic heterocycles. The first-order chi connectivity index (χ1) is 5.71. The topological polar surface area (TPSA) is 38.9 Å². The monoisotopic (exact) mass is 294 g/mol. The Morgan fingerprint density at radius 3 is 1.92 bits per heavy atom. The van der Waals surface area contributed by atoms with Crippen molar-refractivity contribution in [3.63, 3.8) is 0 Å². The summed E-state index contributed by atoms with van der Waals surface area (Å²) < 4.78 is 5.10. The molecule has 1 aromatic heterocycles. The number of aromatic nitrogens is 2. The first-order valence-corrected chi connectivity index (χ1v) is 5.33. The molecule has 3 nitrogen and oxygen atoms in total. The van der Waals surface area contributed by atoms with E-state index in [1.165, 1.54) is 0 Å². The summed E-state index contributed by atoms with van der Waals surface area (Å²) in [4.78, 5) is 4.37. The molecule has 0 N–H and O–H groups in total. The second kappa shape index (κ2) is 3.22. The van der Waals surface area contributed by atoms with Crippen LogP contribution in [0.1, 0.15) is 46.3 Å². The fraction of sp³-hybridized carbons (Fsp3) is 0.778. The van der Waals surface area contributed by atoms with E-state index in [2.05, 4.69) is 53.5 Å². The van der Waals surface area contributed by atoms with Gasteiger partial charge in [0.25, 0.3) is 0 Å². The van der Waals surface area contributed by atoms with E-state index in [9.17, 15) is 0 Å². The van der Waals surface area contributed by atoms with Gasteiger partial charge in [-0.3, -0.25) is 0 Å². The van der Waals surface area contributed by atoms with Crippen LogP contribution in [0.15, 0.2) is 4.52 Å². The highest BCUT2D eigenvalue weighted by Crippen LogP contribution is 2.30. The lowest BCUT2D eigenvalue weighted by molar-refractivity contribution is 0.348. The highest BCUT2D eigenvalue weighted by atomic mass is 127. The van der Waals surface area contributed by atoms with Crippen molar-refractivity contribution >= 4 is 22.6 Å². The molecule has 0 aliphatic rings. The van der Waals surface area contributed by atoms with Crippen LogP contribution in [0.5, 0.6) is 0 Å². The number of hydrogen-bond donors (Lipinski definition) is 0. The zero-order valence-corrected chi connectivity index (χ0v) is 10.8. The van der Waals surface area contributed by atoms with Crippen LogP contribution in [0.3, 0.4) is 0 Å². The normalized spacial score (nSPS) is 13.4. The van der Waals surface area contributed by atoms with Crippen molar-refractivity contribution in [3.05, 3.63) is 11.7 Å². The molecule has 0 bridgehead atoms. The molecule has 1 rings (SSSR count). The zero-order valence-electron chi connectivity index (χ0n) is 8.68. The van der Waals surface area contributed by atoms with Crippen LogP contribution >= 0.6 is 22.6 Å². The van der Waals surface area contributed by atoms with Crippen LogP contribution in [0.4, 0.5) is 0 Å². The second-order valence-electron chi connectivity index (χ2n) is 4.65. The molecule has 1 heterocycles. The Bertz CT molecular complexity index is 265. The van der Waals surface area contributed by atoms with E-state index in [1.807, 2.05) is 13.8 Å². The van der Waals surface area contributed by atoms with Crippen LogP contribution in [-0.2, 0) is 8.84 Å². The first kappa shape index (κ1) is 10.9. The van der Waals surface area contributed by atoms with Crippen molar-refractivity contribution in [1.82, 2.24) is 10.1 Å². The molecule has 0 unspecified atom stereocenters. The van der Waals surface area contributed by atoms with Gasteiger partial charge < -0.3 is 4.52 Å². The number of hydrogen-bond acceptors (Lipinski definition) is 3. The van der Waals surface area contributed by atoms with E-state index < -0.39 is 0 Å². The number of alkyl halides is 1. The maximum atomic E-state index is 5.19. The van der Waals surface area contributed by atoms with Gasteiger partial charge in [-0.25, -0.2) is 0 Å². The quantitative estimate of drug-likeness (QED) is 0.590. The predicted octanol–water partition coefficient (Wildman–Crippen LogP) is 3.04. The third-order valence-electron chi connectivity index (χ3n) is 1.61. The highest BCUT2D eigenvalue weighted by molar-refractivity contribution is 14.1. The lowest BCUT2D eigenvalue weighted by atomic mass is 9.96. The average Bonchev–Trinajstić information content (AvgIpc) is 2.28. The molecule has 0 aromatic carbocycles. The smallest absolute Gasteiger partial charge is 0.242 e. The SMILES string of the molecule is CC(C)(C)c1noc(C(C)(C)I)n1. The molecule has 74 valence electrons. The summed E-state index contributed by atoms with van der Waals surface area (Å²) in [6, 6.07) is 0. The lowest BCUT2D eigenvalue weighted by Gasteiger charge is -2.12. The summed E-state index contributed by atoms with van der Waals surface area (Å²) in [5, 5.41) is 3.96. The first-order valence-electron chi connectivity index (χ1n) is 4.25. The van der Waals surface area contributed by atoms with E-state index in [0.717, 1.165) is 5.82 Å². The third-order valence-corrected chi connectivity index (χ3v) is 2.07. The molecule has 0 radical (unpaired) electrons. The fourth-order valence-electron chi connectivity index (χ4n) is 0.770. The maximum Gasteiger partial charge on any atom is 0.242 e. The van der Waals surface area contributed by atoms with E-state index in [4.69, 9.17) is 4.52 Å². The van der Waals surface area contributed by atoms with Gasteiger partial charge in [-0.1, -0.05) is 48.5 Å². The number of nitrogens with zero attached hydrogens (tertiary/aromatic N) is 2. The van der Waals surface area contributed by atoms with Crippen LogP contribution in [0.2, 0.25) is 0 Å². The Morgan fingerprint density at radius 2 is 1.69 bits per heavy atom. The van der Waals surface area contributed by atoms with Crippen LogP contribution < -0.4 is 0 Å². The minimum absolute atomic E-state index is 0.0381. The highest BCUT2D eigenvalue weighted by Gasteiger charge is 2.27. The molecule has 0 amide bonds. The molecule has 4 heteroatoms. The Morgan fingerprint density at radius 1 is 1.15 bits per heavy atom. The lowest BCUT2D eigenvalue weighted by Crippen LogP contribution is -2.14. The summed E-state index contributed by atoms with van der Waals surface area (Å²) in [6.45, 7) is 10.3. The summed E-state index contributed by atoms with van der Waals surface area (Å²) in [7, 11) is 0. The largest absolute Gasteiger partial charge is 0.338 e. The van der Waals surface area contributed by atoms with Gasteiger partial charge in [0.05, 0.1) is 3.42 Å². The Kier molecular flexibility index (Phi) is 2.71. The summed E-state index contributed by atoms with van der Waals surface area (Å²) in [5.41, 5.74) is -0.0381. The Hall–Kier alpha value is -0.130. The van der Waals surface area contributed by atoms with E-state index >= 15 is 0 Å². The predicted molar refractivity (Wildman–Crippen MR) is 60.0 cm³/mol. The van der Waals surface area contributed by atoms with Crippen LogP contribution in [0.25, 0.3) is 0 Å². The van der Waals surface area contributed by atoms with E-state index in [-0.39, 0.29) is 8.84 Å². The molecule has 0 fully saturated rings. The molecule has 1 aromatic rings. The van der Waals surface area contributed by atoms with Crippen molar-refractivity contribution in [2.24, 2.45) is 0 Å². The third kappa shape index (κ3) is 2.65. The average molecular weight is 294 g/mol. The minimum atomic E-state index is -0.0890. The maximum absolute atomic E-state index is 5.19. The number of halogens is 1. The summed E-state index contributed by atoms with van der Waals surface area (Å²) >= 11 is 2.29. The van der Waals surface area contributed by atoms with Gasteiger partial charge >= 0.3 is 0 Å². The molecule has 0 saturated heterocycles. The Balaban J connectivity index is 3.01. The van der Waals surface area contributed by atoms with Gasteiger partial charge in [-0.05, 0) is 13.8 Å². The van der Waals surface area contributed by atoms with Gasteiger partial charge in [-0.15, -0.1) is 0 Å². The molecule has 0 spiro atoms. The molecule has 13 heavy (non-hydrogen) atoms. The minimum Gasteiger partial charge on any atom is -0.338 e. The van der Waals surface area contributed by atoms with Gasteiger partial charge in [0, 0.05) is 5.41 Å². The number of rotatable bonds is 1. The van der Waals surface area contributed by atoms with Crippen molar-refractivity contribution < 1.29 is 4.52 Å². The van der Waals surface area contributed by atoms with Gasteiger partial charge in [0.15, 0.2) is 5.82 Å². The van der Waals surface area contributed by atoms with Crippen molar-refractivity contribution in [3.8, 4) is 0 Å². The fourth-order valence-corrected chi connectivity index (χ4v) is 0.989. The van der Waals surface area contributed by atoms with Crippen molar-refractivity contribution in [2.45, 2.75) is 43.5 Å². The van der Waals surface area contributed by atoms with Gasteiger partial charge in [0.2, 0.25) is 5.89 Å². The van der Waals surface area contributed by atoms with Crippen molar-refractivity contribution in [2.75, 3.05) is 0 Å². The molecule has 0 saturated carbocycles. The molecule has 0 atom stereocenters. The molecule has 0 aliphatic carbocycles. The molecular formula is C9H15IN2O. The zero-order chi connectivity index (χ0) is 10.3. The van der Waals surface area contributed by atoms with Gasteiger partial charge in [0.1, 0.15) is 0 Å². The summed E-state index contributed by atoms with van der Waals surface area (Å²) in [5.74, 6) is 1.46. The van der Waals surface area contributed by atoms with Gasteiger partial charge in [-0.2, -0.15) is 4.98 Å². The van der Waals surface area contributed by atoms with Crippen LogP contribution in [-0.4, -0.2) is 10.1 Å².